The van der Waals surface area contributed by atoms with Crippen LogP contribution in [-0.2, 0) is 31.0 Å². The van der Waals surface area contributed by atoms with E-state index in [4.69, 9.17) is 9.47 Å². The van der Waals surface area contributed by atoms with Gasteiger partial charge in [0.25, 0.3) is 0 Å². The summed E-state index contributed by atoms with van der Waals surface area (Å²) in [6.45, 7) is 2.04. The van der Waals surface area contributed by atoms with Crippen molar-refractivity contribution < 1.29 is 27.5 Å². The van der Waals surface area contributed by atoms with Crippen molar-refractivity contribution in [1.82, 2.24) is 4.31 Å². The maximum absolute atomic E-state index is 12.6. The summed E-state index contributed by atoms with van der Waals surface area (Å²) < 4.78 is 36.4. The van der Waals surface area contributed by atoms with Gasteiger partial charge in [0.2, 0.25) is 15.9 Å². The Labute approximate surface area is 182 Å². The van der Waals surface area contributed by atoms with Crippen molar-refractivity contribution in [2.24, 2.45) is 5.92 Å². The van der Waals surface area contributed by atoms with Gasteiger partial charge in [-0.15, -0.1) is 0 Å². The highest BCUT2D eigenvalue weighted by Gasteiger charge is 2.37. The minimum Gasteiger partial charge on any atom is -0.495 e. The summed E-state index contributed by atoms with van der Waals surface area (Å²) in [5.41, 5.74) is 2.16. The number of aryl methyl sites for hydroxylation is 1. The molecule has 1 fully saturated rings. The number of carbonyl (C=O) groups is 2. The van der Waals surface area contributed by atoms with E-state index in [9.17, 15) is 18.0 Å². The highest BCUT2D eigenvalue weighted by Crippen LogP contribution is 2.34. The van der Waals surface area contributed by atoms with Crippen LogP contribution in [0.4, 0.5) is 5.69 Å². The van der Waals surface area contributed by atoms with Crippen molar-refractivity contribution in [3.63, 3.8) is 0 Å². The second kappa shape index (κ2) is 9.07. The van der Waals surface area contributed by atoms with Gasteiger partial charge in [0.1, 0.15) is 12.4 Å². The third-order valence-electron chi connectivity index (χ3n) is 5.14. The van der Waals surface area contributed by atoms with Gasteiger partial charge in [0.15, 0.2) is 0 Å². The fourth-order valence-corrected chi connectivity index (χ4v) is 4.36. The summed E-state index contributed by atoms with van der Waals surface area (Å²) in [4.78, 5) is 26.8. The quantitative estimate of drug-likeness (QED) is 0.606. The summed E-state index contributed by atoms with van der Waals surface area (Å²) in [6.07, 6.45) is 0.0466. The lowest BCUT2D eigenvalue weighted by molar-refractivity contribution is -0.149. The number of amides is 1. The highest BCUT2D eigenvalue weighted by atomic mass is 32.2. The lowest BCUT2D eigenvalue weighted by Gasteiger charge is -2.20. The van der Waals surface area contributed by atoms with Crippen LogP contribution in [0.3, 0.4) is 0 Å². The van der Waals surface area contributed by atoms with Gasteiger partial charge in [-0.25, -0.2) is 12.7 Å². The van der Waals surface area contributed by atoms with Crippen LogP contribution < -0.4 is 9.64 Å². The molecule has 1 aliphatic rings. The first kappa shape index (κ1) is 22.8. The number of anilines is 1. The zero-order valence-electron chi connectivity index (χ0n) is 18.0. The van der Waals surface area contributed by atoms with E-state index in [1.165, 1.54) is 33.3 Å². The van der Waals surface area contributed by atoms with Crippen molar-refractivity contribution in [1.29, 1.82) is 0 Å². The van der Waals surface area contributed by atoms with Crippen molar-refractivity contribution in [3.05, 3.63) is 53.6 Å². The van der Waals surface area contributed by atoms with Gasteiger partial charge in [-0.3, -0.25) is 9.59 Å². The molecule has 3 rings (SSSR count). The fraction of sp³-hybridized carbons (Fsp3) is 0.364. The Hall–Kier alpha value is -2.91. The predicted octanol–water partition coefficient (Wildman–Crippen LogP) is 2.35. The molecule has 0 aliphatic carbocycles. The fourth-order valence-electron chi connectivity index (χ4n) is 3.39. The Balaban J connectivity index is 1.68. The Kier molecular flexibility index (Phi) is 6.66. The van der Waals surface area contributed by atoms with Crippen molar-refractivity contribution in [2.45, 2.75) is 24.8 Å². The molecule has 1 atom stereocenters. The topological polar surface area (TPSA) is 93.2 Å². The SMILES string of the molecule is COc1ccc(C)cc1N1C[C@H](C(=O)OCc2cccc(S(=O)(=O)N(C)C)c2)CC1=O. The molecule has 1 aliphatic heterocycles. The zero-order valence-corrected chi connectivity index (χ0v) is 18.8. The molecule has 8 nitrogen and oxygen atoms in total. The molecule has 0 spiro atoms. The maximum Gasteiger partial charge on any atom is 0.311 e. The van der Waals surface area contributed by atoms with Gasteiger partial charge in [-0.1, -0.05) is 18.2 Å². The van der Waals surface area contributed by atoms with E-state index in [0.717, 1.165) is 9.87 Å². The Morgan fingerprint density at radius 3 is 2.61 bits per heavy atom. The second-order valence-electron chi connectivity index (χ2n) is 7.62. The molecule has 1 amide bonds. The number of ether oxygens (including phenoxy) is 2. The largest absolute Gasteiger partial charge is 0.495 e. The number of carbonyl (C=O) groups excluding carboxylic acids is 2. The van der Waals surface area contributed by atoms with Crippen LogP contribution in [0.1, 0.15) is 17.5 Å². The van der Waals surface area contributed by atoms with E-state index in [0.29, 0.717) is 17.0 Å². The number of nitrogens with zero attached hydrogens (tertiary/aromatic N) is 2. The molecule has 31 heavy (non-hydrogen) atoms. The van der Waals surface area contributed by atoms with Gasteiger partial charge in [-0.2, -0.15) is 0 Å². The lowest BCUT2D eigenvalue weighted by atomic mass is 10.1. The van der Waals surface area contributed by atoms with Crippen molar-refractivity contribution in [3.8, 4) is 5.75 Å². The highest BCUT2D eigenvalue weighted by molar-refractivity contribution is 7.89. The first-order valence-electron chi connectivity index (χ1n) is 9.76. The first-order chi connectivity index (χ1) is 14.6. The van der Waals surface area contributed by atoms with Crippen LogP contribution in [0.25, 0.3) is 0 Å². The molecule has 0 unspecified atom stereocenters. The van der Waals surface area contributed by atoms with E-state index >= 15 is 0 Å². The lowest BCUT2D eigenvalue weighted by Crippen LogP contribution is -2.27. The smallest absolute Gasteiger partial charge is 0.311 e. The third kappa shape index (κ3) is 4.88. The normalized spacial score (nSPS) is 16.6. The molecule has 0 N–H and O–H groups in total. The minimum absolute atomic E-state index is 0.0466. The third-order valence-corrected chi connectivity index (χ3v) is 6.95. The van der Waals surface area contributed by atoms with Crippen LogP contribution in [0.15, 0.2) is 47.4 Å². The molecule has 0 radical (unpaired) electrons. The monoisotopic (exact) mass is 446 g/mol. The van der Waals surface area contributed by atoms with Crippen LogP contribution in [0, 0.1) is 12.8 Å². The van der Waals surface area contributed by atoms with E-state index in [1.54, 1.807) is 23.1 Å². The predicted molar refractivity (Wildman–Crippen MR) is 115 cm³/mol. The molecule has 166 valence electrons. The summed E-state index contributed by atoms with van der Waals surface area (Å²) in [7, 11) is 0.858. The van der Waals surface area contributed by atoms with Gasteiger partial charge in [0, 0.05) is 27.1 Å². The second-order valence-corrected chi connectivity index (χ2v) is 9.78. The van der Waals surface area contributed by atoms with E-state index in [1.807, 2.05) is 19.1 Å². The van der Waals surface area contributed by atoms with Gasteiger partial charge >= 0.3 is 5.97 Å². The maximum atomic E-state index is 12.6. The molecule has 1 heterocycles. The minimum atomic E-state index is -3.58. The first-order valence-corrected chi connectivity index (χ1v) is 11.2. The Bertz CT molecular complexity index is 1100. The van der Waals surface area contributed by atoms with Crippen LogP contribution in [-0.4, -0.2) is 52.3 Å². The van der Waals surface area contributed by atoms with Crippen molar-refractivity contribution >= 4 is 27.6 Å². The van der Waals surface area contributed by atoms with Crippen LogP contribution in [0.5, 0.6) is 5.75 Å². The Morgan fingerprint density at radius 2 is 1.94 bits per heavy atom. The summed E-state index contributed by atoms with van der Waals surface area (Å²) >= 11 is 0. The van der Waals surface area contributed by atoms with Crippen LogP contribution in [0.2, 0.25) is 0 Å². The van der Waals surface area contributed by atoms with Gasteiger partial charge in [-0.05, 0) is 42.3 Å². The van der Waals surface area contributed by atoms with Gasteiger partial charge < -0.3 is 14.4 Å². The number of benzene rings is 2. The molecule has 2 aromatic carbocycles. The van der Waals surface area contributed by atoms with E-state index in [-0.39, 0.29) is 30.4 Å². The van der Waals surface area contributed by atoms with E-state index < -0.39 is 21.9 Å². The molecule has 0 saturated carbocycles. The number of hydrogen-bond donors (Lipinski definition) is 0. The molecular formula is C22H26N2O6S. The molecular weight excluding hydrogens is 420 g/mol. The molecule has 0 bridgehead atoms. The number of esters is 1. The standard InChI is InChI=1S/C22H26N2O6S/c1-15-8-9-20(29-4)19(10-15)24-13-17(12-21(24)25)22(26)30-14-16-6-5-7-18(11-16)31(27,28)23(2)3/h5-11,17H,12-14H2,1-4H3/t17-/m1/s1. The zero-order chi connectivity index (χ0) is 22.8. The Morgan fingerprint density at radius 1 is 1.19 bits per heavy atom. The summed E-state index contributed by atoms with van der Waals surface area (Å²) in [6, 6.07) is 11.8. The number of rotatable bonds is 7. The molecule has 0 aromatic heterocycles. The summed E-state index contributed by atoms with van der Waals surface area (Å²) in [5, 5.41) is 0. The average Bonchev–Trinajstić information content (AvgIpc) is 3.13. The molecule has 2 aromatic rings. The molecule has 1 saturated heterocycles. The van der Waals surface area contributed by atoms with E-state index in [2.05, 4.69) is 0 Å². The van der Waals surface area contributed by atoms with Crippen molar-refractivity contribution in [2.75, 3.05) is 32.6 Å². The number of sulfonamides is 1. The summed E-state index contributed by atoms with van der Waals surface area (Å²) in [5.74, 6) is -0.716. The van der Waals surface area contributed by atoms with Gasteiger partial charge in [0.05, 0.1) is 23.6 Å². The number of hydrogen-bond acceptors (Lipinski definition) is 6. The molecule has 9 heteroatoms. The van der Waals surface area contributed by atoms with Crippen LogP contribution >= 0.6 is 0 Å². The average molecular weight is 447 g/mol. The number of methoxy groups -OCH3 is 1.